The highest BCUT2D eigenvalue weighted by molar-refractivity contribution is 5.92. The number of alkyl halides is 5. The SMILES string of the molecule is O=C(CN1CC2(CCC(C(=O)Nc3ccc(F)c(OC(F)F)c3)CC2)C1)NC1(C(F)(F)F)CC1. The molecule has 1 saturated heterocycles. The molecule has 1 aromatic rings. The van der Waals surface area contributed by atoms with Gasteiger partial charge in [0.25, 0.3) is 0 Å². The smallest absolute Gasteiger partial charge is 0.411 e. The first kappa shape index (κ1) is 24.6. The van der Waals surface area contributed by atoms with E-state index in [0.717, 1.165) is 25.0 Å². The third-order valence-electron chi connectivity index (χ3n) is 6.99. The van der Waals surface area contributed by atoms with Gasteiger partial charge in [0.05, 0.1) is 6.54 Å². The second-order valence-corrected chi connectivity index (χ2v) is 9.56. The number of benzene rings is 1. The summed E-state index contributed by atoms with van der Waals surface area (Å²) in [6.07, 6.45) is -2.03. The summed E-state index contributed by atoms with van der Waals surface area (Å²) in [4.78, 5) is 26.5. The Hall–Kier alpha value is -2.50. The Labute approximate surface area is 192 Å². The van der Waals surface area contributed by atoms with E-state index >= 15 is 0 Å². The van der Waals surface area contributed by atoms with Crippen LogP contribution in [0.25, 0.3) is 0 Å². The highest BCUT2D eigenvalue weighted by Crippen LogP contribution is 2.49. The first-order valence-electron chi connectivity index (χ1n) is 11.1. The number of halogens is 6. The number of anilines is 1. The minimum absolute atomic E-state index is 0.0630. The van der Waals surface area contributed by atoms with Gasteiger partial charge < -0.3 is 15.4 Å². The normalized spacial score (nSPS) is 21.7. The van der Waals surface area contributed by atoms with Gasteiger partial charge in [0.1, 0.15) is 5.54 Å². The molecule has 1 aliphatic heterocycles. The van der Waals surface area contributed by atoms with Crippen molar-refractivity contribution in [2.45, 2.75) is 56.9 Å². The molecule has 6 nitrogen and oxygen atoms in total. The van der Waals surface area contributed by atoms with Gasteiger partial charge in [0.2, 0.25) is 11.8 Å². The predicted molar refractivity (Wildman–Crippen MR) is 109 cm³/mol. The summed E-state index contributed by atoms with van der Waals surface area (Å²) in [5, 5.41) is 4.73. The van der Waals surface area contributed by atoms with Crippen molar-refractivity contribution in [1.82, 2.24) is 10.2 Å². The Morgan fingerprint density at radius 3 is 2.32 bits per heavy atom. The van der Waals surface area contributed by atoms with Crippen molar-refractivity contribution in [3.05, 3.63) is 24.0 Å². The Kier molecular flexibility index (Phi) is 6.47. The zero-order valence-corrected chi connectivity index (χ0v) is 18.2. The number of amides is 2. The van der Waals surface area contributed by atoms with Crippen LogP contribution in [0.5, 0.6) is 5.75 Å². The molecule has 1 aromatic carbocycles. The summed E-state index contributed by atoms with van der Waals surface area (Å²) >= 11 is 0. The number of rotatable bonds is 7. The molecular formula is C22H25F6N3O3. The Bertz CT molecular complexity index is 934. The van der Waals surface area contributed by atoms with Crippen LogP contribution in [0.3, 0.4) is 0 Å². The van der Waals surface area contributed by atoms with Crippen molar-refractivity contribution >= 4 is 17.5 Å². The van der Waals surface area contributed by atoms with Crippen LogP contribution in [0.2, 0.25) is 0 Å². The van der Waals surface area contributed by atoms with E-state index in [9.17, 15) is 35.9 Å². The fourth-order valence-corrected chi connectivity index (χ4v) is 4.95. The Balaban J connectivity index is 1.21. The van der Waals surface area contributed by atoms with Crippen LogP contribution in [0.1, 0.15) is 38.5 Å². The molecule has 34 heavy (non-hydrogen) atoms. The first-order valence-corrected chi connectivity index (χ1v) is 11.1. The maximum atomic E-state index is 13.5. The van der Waals surface area contributed by atoms with Crippen LogP contribution >= 0.6 is 0 Å². The van der Waals surface area contributed by atoms with Gasteiger partial charge >= 0.3 is 12.8 Å². The number of hydrogen-bond acceptors (Lipinski definition) is 4. The van der Waals surface area contributed by atoms with Crippen molar-refractivity contribution in [2.24, 2.45) is 11.3 Å². The summed E-state index contributed by atoms with van der Waals surface area (Å²) in [5.41, 5.74) is -1.98. The average molecular weight is 493 g/mol. The molecule has 2 aliphatic carbocycles. The molecule has 2 amide bonds. The topological polar surface area (TPSA) is 70.7 Å². The number of nitrogens with zero attached hydrogens (tertiary/aromatic N) is 1. The van der Waals surface area contributed by atoms with Gasteiger partial charge in [-0.05, 0) is 56.1 Å². The lowest BCUT2D eigenvalue weighted by Gasteiger charge is -2.53. The largest absolute Gasteiger partial charge is 0.432 e. The van der Waals surface area contributed by atoms with Crippen LogP contribution in [-0.2, 0) is 9.59 Å². The lowest BCUT2D eigenvalue weighted by atomic mass is 9.65. The second kappa shape index (κ2) is 8.94. The molecule has 2 N–H and O–H groups in total. The van der Waals surface area contributed by atoms with Crippen LogP contribution in [0.4, 0.5) is 32.0 Å². The number of carbonyl (C=O) groups is 2. The number of ether oxygens (including phenoxy) is 1. The Morgan fingerprint density at radius 2 is 1.76 bits per heavy atom. The molecule has 188 valence electrons. The molecule has 3 aliphatic rings. The predicted octanol–water partition coefficient (Wildman–Crippen LogP) is 4.07. The van der Waals surface area contributed by atoms with Gasteiger partial charge in [-0.3, -0.25) is 14.5 Å². The molecule has 1 spiro atoms. The lowest BCUT2D eigenvalue weighted by Crippen LogP contribution is -2.61. The number of likely N-dealkylation sites (tertiary alicyclic amines) is 1. The standard InChI is InChI=1S/C22H25F6N3O3/c23-15-2-1-14(9-16(15)34-19(24)25)29-18(33)13-3-5-20(6-4-13)11-31(12-20)10-17(32)30-21(7-8-21)22(26,27)28/h1-2,9,13,19H,3-8,10-12H2,(H,29,33)(H,30,32). The molecule has 0 unspecified atom stereocenters. The van der Waals surface area contributed by atoms with E-state index in [2.05, 4.69) is 15.4 Å². The number of nitrogens with one attached hydrogen (secondary N) is 2. The highest BCUT2D eigenvalue weighted by Gasteiger charge is 2.64. The summed E-state index contributed by atoms with van der Waals surface area (Å²) in [7, 11) is 0. The van der Waals surface area contributed by atoms with Gasteiger partial charge in [0.15, 0.2) is 11.6 Å². The summed E-state index contributed by atoms with van der Waals surface area (Å²) < 4.78 is 81.4. The van der Waals surface area contributed by atoms with Crippen LogP contribution in [0.15, 0.2) is 18.2 Å². The summed E-state index contributed by atoms with van der Waals surface area (Å²) in [6, 6.07) is 3.19. The average Bonchev–Trinajstić information content (AvgIpc) is 3.50. The molecule has 12 heteroatoms. The maximum absolute atomic E-state index is 13.5. The van der Waals surface area contributed by atoms with E-state index in [-0.39, 0.29) is 42.3 Å². The third kappa shape index (κ3) is 5.26. The first-order chi connectivity index (χ1) is 15.9. The van der Waals surface area contributed by atoms with Gasteiger partial charge in [-0.25, -0.2) is 4.39 Å². The third-order valence-corrected chi connectivity index (χ3v) is 6.99. The molecule has 4 rings (SSSR count). The molecule has 0 atom stereocenters. The molecule has 3 fully saturated rings. The van der Waals surface area contributed by atoms with Gasteiger partial charge in [-0.2, -0.15) is 22.0 Å². The van der Waals surface area contributed by atoms with Crippen molar-refractivity contribution < 1.29 is 40.7 Å². The molecule has 0 radical (unpaired) electrons. The van der Waals surface area contributed by atoms with E-state index in [1.54, 1.807) is 0 Å². The monoisotopic (exact) mass is 493 g/mol. The van der Waals surface area contributed by atoms with E-state index in [0.29, 0.717) is 25.9 Å². The van der Waals surface area contributed by atoms with Gasteiger partial charge in [-0.1, -0.05) is 0 Å². The van der Waals surface area contributed by atoms with E-state index in [1.165, 1.54) is 6.07 Å². The van der Waals surface area contributed by atoms with Gasteiger partial charge in [-0.15, -0.1) is 0 Å². The molecule has 0 aromatic heterocycles. The maximum Gasteiger partial charge on any atom is 0.411 e. The minimum atomic E-state index is -4.44. The summed E-state index contributed by atoms with van der Waals surface area (Å²) in [5.74, 6) is -2.87. The second-order valence-electron chi connectivity index (χ2n) is 9.56. The van der Waals surface area contributed by atoms with E-state index in [4.69, 9.17) is 0 Å². The lowest BCUT2D eigenvalue weighted by molar-refractivity contribution is -0.171. The van der Waals surface area contributed by atoms with E-state index < -0.39 is 35.8 Å². The Morgan fingerprint density at radius 1 is 1.12 bits per heavy atom. The summed E-state index contributed by atoms with van der Waals surface area (Å²) in [6.45, 7) is -2.11. The van der Waals surface area contributed by atoms with Crippen molar-refractivity contribution in [3.8, 4) is 5.75 Å². The highest BCUT2D eigenvalue weighted by atomic mass is 19.4. The quantitative estimate of drug-likeness (QED) is 0.562. The number of carbonyl (C=O) groups excluding carboxylic acids is 2. The van der Waals surface area contributed by atoms with Crippen LogP contribution in [0, 0.1) is 17.2 Å². The van der Waals surface area contributed by atoms with E-state index in [1.807, 2.05) is 4.90 Å². The van der Waals surface area contributed by atoms with Gasteiger partial charge in [0, 0.05) is 30.8 Å². The van der Waals surface area contributed by atoms with Crippen molar-refractivity contribution in [2.75, 3.05) is 25.0 Å². The minimum Gasteiger partial charge on any atom is -0.432 e. The molecular weight excluding hydrogens is 468 g/mol. The zero-order valence-electron chi connectivity index (χ0n) is 18.2. The van der Waals surface area contributed by atoms with Crippen LogP contribution < -0.4 is 15.4 Å². The molecule has 1 heterocycles. The number of hydrogen-bond donors (Lipinski definition) is 2. The fourth-order valence-electron chi connectivity index (χ4n) is 4.95. The molecule has 2 saturated carbocycles. The van der Waals surface area contributed by atoms with Crippen LogP contribution in [-0.4, -0.2) is 54.7 Å². The fraction of sp³-hybridized carbons (Fsp3) is 0.636. The zero-order chi connectivity index (χ0) is 24.7. The van der Waals surface area contributed by atoms with Crippen molar-refractivity contribution in [1.29, 1.82) is 0 Å². The van der Waals surface area contributed by atoms with Crippen molar-refractivity contribution in [3.63, 3.8) is 0 Å². The molecule has 0 bridgehead atoms.